The zero-order chi connectivity index (χ0) is 21.8. The molecule has 3 aromatic heterocycles. The van der Waals surface area contributed by atoms with Gasteiger partial charge in [0, 0.05) is 35.5 Å². The SMILES string of the molecule is COc1c(NC23CC(CO)(C2)C3)cc(C(=O)Nc2nnc(-n3nccc3C)s2)oc1=O. The first kappa shape index (κ1) is 19.7. The Hall–Kier alpha value is -3.25. The predicted molar refractivity (Wildman–Crippen MR) is 111 cm³/mol. The summed E-state index contributed by atoms with van der Waals surface area (Å²) < 4.78 is 11.9. The van der Waals surface area contributed by atoms with E-state index in [-0.39, 0.29) is 34.2 Å². The van der Waals surface area contributed by atoms with Crippen LogP contribution in [-0.2, 0) is 0 Å². The van der Waals surface area contributed by atoms with Gasteiger partial charge >= 0.3 is 5.63 Å². The van der Waals surface area contributed by atoms with Crippen molar-refractivity contribution >= 4 is 28.1 Å². The van der Waals surface area contributed by atoms with Crippen LogP contribution in [0.4, 0.5) is 10.8 Å². The van der Waals surface area contributed by atoms with Crippen LogP contribution in [0, 0.1) is 12.3 Å². The zero-order valence-corrected chi connectivity index (χ0v) is 17.7. The molecule has 31 heavy (non-hydrogen) atoms. The predicted octanol–water partition coefficient (Wildman–Crippen LogP) is 1.57. The monoisotopic (exact) mass is 444 g/mol. The van der Waals surface area contributed by atoms with Gasteiger partial charge in [-0.25, -0.2) is 9.48 Å². The average Bonchev–Trinajstić information content (AvgIpc) is 3.31. The third kappa shape index (κ3) is 3.18. The Morgan fingerprint density at radius 2 is 2.16 bits per heavy atom. The summed E-state index contributed by atoms with van der Waals surface area (Å²) >= 11 is 1.14. The molecule has 11 nitrogen and oxygen atoms in total. The minimum atomic E-state index is -0.758. The number of hydrogen-bond acceptors (Lipinski definition) is 10. The number of aryl methyl sites for hydroxylation is 1. The number of aliphatic hydroxyl groups excluding tert-OH is 1. The number of carbonyl (C=O) groups excluding carboxylic acids is 1. The lowest BCUT2D eigenvalue weighted by Crippen LogP contribution is -2.72. The van der Waals surface area contributed by atoms with E-state index in [4.69, 9.17) is 9.15 Å². The highest BCUT2D eigenvalue weighted by molar-refractivity contribution is 7.17. The minimum Gasteiger partial charge on any atom is -0.488 e. The van der Waals surface area contributed by atoms with Gasteiger partial charge in [-0.1, -0.05) is 11.3 Å². The van der Waals surface area contributed by atoms with Crippen molar-refractivity contribution in [2.24, 2.45) is 5.41 Å². The molecule has 0 radical (unpaired) electrons. The van der Waals surface area contributed by atoms with Crippen LogP contribution in [0.25, 0.3) is 5.13 Å². The van der Waals surface area contributed by atoms with Crippen molar-refractivity contribution < 1.29 is 19.1 Å². The fourth-order valence-corrected chi connectivity index (χ4v) is 5.30. The molecule has 6 rings (SSSR count). The van der Waals surface area contributed by atoms with E-state index in [1.807, 2.05) is 13.0 Å². The van der Waals surface area contributed by atoms with Gasteiger partial charge in [-0.05, 0) is 32.3 Å². The van der Waals surface area contributed by atoms with E-state index in [1.165, 1.54) is 13.2 Å². The third-order valence-corrected chi connectivity index (χ3v) is 6.67. The average molecular weight is 444 g/mol. The molecular weight excluding hydrogens is 424 g/mol. The first-order valence-electron chi connectivity index (χ1n) is 9.63. The largest absolute Gasteiger partial charge is 0.488 e. The summed E-state index contributed by atoms with van der Waals surface area (Å²) in [5, 5.41) is 28.2. The number of amides is 1. The molecule has 3 aliphatic rings. The van der Waals surface area contributed by atoms with Gasteiger partial charge in [0.2, 0.25) is 16.0 Å². The van der Waals surface area contributed by atoms with E-state index in [9.17, 15) is 14.7 Å². The quantitative estimate of drug-likeness (QED) is 0.494. The minimum absolute atomic E-state index is 0.00619. The van der Waals surface area contributed by atoms with Crippen molar-refractivity contribution in [3.05, 3.63) is 40.2 Å². The topological polar surface area (TPSA) is 144 Å². The summed E-state index contributed by atoms with van der Waals surface area (Å²) in [6, 6.07) is 3.27. The zero-order valence-electron chi connectivity index (χ0n) is 16.8. The van der Waals surface area contributed by atoms with Crippen LogP contribution in [0.5, 0.6) is 5.75 Å². The highest BCUT2D eigenvalue weighted by atomic mass is 32.1. The first-order valence-corrected chi connectivity index (χ1v) is 10.4. The summed E-state index contributed by atoms with van der Waals surface area (Å²) in [6.07, 6.45) is 4.06. The summed E-state index contributed by atoms with van der Waals surface area (Å²) in [6.45, 7) is 2.03. The normalized spacial score (nSPS) is 23.6. The Labute approximate surface area is 180 Å². The van der Waals surface area contributed by atoms with Crippen molar-refractivity contribution in [1.82, 2.24) is 20.0 Å². The molecular formula is C19H20N6O5S. The second kappa shape index (κ2) is 6.89. The van der Waals surface area contributed by atoms with Gasteiger partial charge in [0.25, 0.3) is 5.91 Å². The van der Waals surface area contributed by atoms with Crippen molar-refractivity contribution in [2.75, 3.05) is 24.4 Å². The highest BCUT2D eigenvalue weighted by Gasteiger charge is 2.67. The number of nitrogens with zero attached hydrogens (tertiary/aromatic N) is 4. The Balaban J connectivity index is 1.36. The molecule has 3 aliphatic carbocycles. The van der Waals surface area contributed by atoms with E-state index >= 15 is 0 Å². The van der Waals surface area contributed by atoms with Crippen molar-refractivity contribution in [3.8, 4) is 10.9 Å². The molecule has 3 fully saturated rings. The molecule has 0 aromatic carbocycles. The van der Waals surface area contributed by atoms with E-state index in [2.05, 4.69) is 25.9 Å². The fraction of sp³-hybridized carbons (Fsp3) is 0.421. The summed E-state index contributed by atoms with van der Waals surface area (Å²) in [5.74, 6) is -0.803. The highest BCUT2D eigenvalue weighted by Crippen LogP contribution is 2.68. The molecule has 0 aliphatic heterocycles. The number of carbonyl (C=O) groups is 1. The van der Waals surface area contributed by atoms with Gasteiger partial charge in [0.1, 0.15) is 0 Å². The molecule has 1 amide bonds. The van der Waals surface area contributed by atoms with Gasteiger partial charge in [-0.2, -0.15) is 5.10 Å². The molecule has 3 saturated carbocycles. The lowest BCUT2D eigenvalue weighted by molar-refractivity contribution is -0.146. The van der Waals surface area contributed by atoms with Crippen LogP contribution in [0.15, 0.2) is 27.5 Å². The fourth-order valence-electron chi connectivity index (χ4n) is 4.54. The van der Waals surface area contributed by atoms with Crippen LogP contribution >= 0.6 is 11.3 Å². The van der Waals surface area contributed by atoms with Gasteiger partial charge in [-0.15, -0.1) is 10.2 Å². The van der Waals surface area contributed by atoms with Crippen molar-refractivity contribution in [1.29, 1.82) is 0 Å². The Kier molecular flexibility index (Phi) is 4.38. The maximum Gasteiger partial charge on any atom is 0.381 e. The van der Waals surface area contributed by atoms with Crippen molar-refractivity contribution in [2.45, 2.75) is 31.7 Å². The van der Waals surface area contributed by atoms with E-state index in [1.54, 1.807) is 10.9 Å². The molecule has 3 aromatic rings. The van der Waals surface area contributed by atoms with E-state index < -0.39 is 11.5 Å². The third-order valence-electron chi connectivity index (χ3n) is 5.86. The molecule has 162 valence electrons. The molecule has 0 spiro atoms. The van der Waals surface area contributed by atoms with Crippen LogP contribution in [0.3, 0.4) is 0 Å². The number of anilines is 2. The summed E-state index contributed by atoms with van der Waals surface area (Å²) in [5.41, 5.74) is 0.310. The Bertz CT molecular complexity index is 1210. The van der Waals surface area contributed by atoms with Crippen LogP contribution in [-0.4, -0.2) is 50.2 Å². The molecule has 0 unspecified atom stereocenters. The maximum atomic E-state index is 12.7. The number of methoxy groups -OCH3 is 1. The lowest BCUT2D eigenvalue weighted by atomic mass is 9.39. The second-order valence-electron chi connectivity index (χ2n) is 8.17. The smallest absolute Gasteiger partial charge is 0.381 e. The van der Waals surface area contributed by atoms with Gasteiger partial charge in [0.05, 0.1) is 12.8 Å². The number of rotatable bonds is 7. The Morgan fingerprint density at radius 1 is 1.39 bits per heavy atom. The van der Waals surface area contributed by atoms with Crippen LogP contribution in [0.1, 0.15) is 35.5 Å². The summed E-state index contributed by atoms with van der Waals surface area (Å²) in [7, 11) is 1.37. The van der Waals surface area contributed by atoms with E-state index in [0.29, 0.717) is 10.8 Å². The Morgan fingerprint density at radius 3 is 2.81 bits per heavy atom. The number of hydrogen-bond donors (Lipinski definition) is 3. The van der Waals surface area contributed by atoms with Gasteiger partial charge < -0.3 is 19.6 Å². The lowest BCUT2D eigenvalue weighted by Gasteiger charge is -2.70. The molecule has 0 atom stereocenters. The summed E-state index contributed by atoms with van der Waals surface area (Å²) in [4.78, 5) is 25.1. The van der Waals surface area contributed by atoms with Crippen molar-refractivity contribution in [3.63, 3.8) is 0 Å². The molecule has 2 bridgehead atoms. The van der Waals surface area contributed by atoms with E-state index in [0.717, 1.165) is 36.3 Å². The molecule has 3 N–H and O–H groups in total. The first-order chi connectivity index (χ1) is 14.9. The van der Waals surface area contributed by atoms with Crippen LogP contribution in [0.2, 0.25) is 0 Å². The number of nitrogens with one attached hydrogen (secondary N) is 2. The molecule has 3 heterocycles. The standard InChI is InChI=1S/C19H20N6O5S/c1-10-3-4-20-25(10)17-24-23-16(31-17)21-14(27)12-5-11(13(29-2)15(28)30-12)22-19-6-18(7-19,8-19)9-26/h3-5,22,26H,6-9H2,1-2H3,(H,21,23,27). The maximum absolute atomic E-state index is 12.7. The number of aromatic nitrogens is 4. The molecule has 0 saturated heterocycles. The number of aliphatic hydroxyl groups is 1. The number of ether oxygens (including phenoxy) is 1. The van der Waals surface area contributed by atoms with Gasteiger partial charge in [-0.3, -0.25) is 10.1 Å². The molecule has 12 heteroatoms. The van der Waals surface area contributed by atoms with Crippen LogP contribution < -0.4 is 21.0 Å². The van der Waals surface area contributed by atoms with Gasteiger partial charge in [0.15, 0.2) is 5.76 Å². The second-order valence-corrected chi connectivity index (χ2v) is 9.12.